The molecule has 0 saturated heterocycles. The van der Waals surface area contributed by atoms with Crippen LogP contribution in [0, 0.1) is 0 Å². The highest BCUT2D eigenvalue weighted by Crippen LogP contribution is 2.42. The largest absolute Gasteiger partial charge is 0.452 e. The van der Waals surface area contributed by atoms with Crippen LogP contribution >= 0.6 is 0 Å². The molecule has 11 aromatic rings. The molecule has 0 bridgehead atoms. The number of fused-ring (bicyclic) bond motifs is 9. The third-order valence-electron chi connectivity index (χ3n) is 10.4. The summed E-state index contributed by atoms with van der Waals surface area (Å²) >= 11 is 0. The maximum absolute atomic E-state index is 6.56. The topological polar surface area (TPSA) is 43.9 Å². The van der Waals surface area contributed by atoms with Gasteiger partial charge in [0.15, 0.2) is 11.4 Å². The zero-order chi connectivity index (χ0) is 34.2. The van der Waals surface area contributed by atoms with Gasteiger partial charge in [-0.3, -0.25) is 0 Å². The predicted molar refractivity (Wildman–Crippen MR) is 215 cm³/mol. The lowest BCUT2D eigenvalue weighted by molar-refractivity contribution is 0.667. The van der Waals surface area contributed by atoms with Crippen LogP contribution < -0.4 is 0 Å². The van der Waals surface area contributed by atoms with Gasteiger partial charge in [-0.05, 0) is 52.2 Å². The highest BCUT2D eigenvalue weighted by Gasteiger charge is 2.22. The Morgan fingerprint density at radius 1 is 0.442 bits per heavy atom. The number of hydrogen-bond donors (Lipinski definition) is 0. The zero-order valence-electron chi connectivity index (χ0n) is 28.0. The number of nitrogens with zero attached hydrogens (tertiary/aromatic N) is 3. The van der Waals surface area contributed by atoms with E-state index in [1.807, 2.05) is 30.3 Å². The summed E-state index contributed by atoms with van der Waals surface area (Å²) in [6.07, 6.45) is 0. The van der Waals surface area contributed by atoms with Crippen LogP contribution in [0.5, 0.6) is 0 Å². The molecule has 4 nitrogen and oxygen atoms in total. The quantitative estimate of drug-likeness (QED) is 0.188. The van der Waals surface area contributed by atoms with Gasteiger partial charge in [0.2, 0.25) is 0 Å². The summed E-state index contributed by atoms with van der Waals surface area (Å²) in [6.45, 7) is 0. The molecule has 8 aromatic carbocycles. The molecule has 0 amide bonds. The maximum Gasteiger partial charge on any atom is 0.180 e. The smallest absolute Gasteiger partial charge is 0.180 e. The molecule has 0 radical (unpaired) electrons. The second kappa shape index (κ2) is 11.2. The van der Waals surface area contributed by atoms with E-state index in [9.17, 15) is 0 Å². The van der Waals surface area contributed by atoms with E-state index in [2.05, 4.69) is 150 Å². The second-order valence-corrected chi connectivity index (χ2v) is 13.3. The van der Waals surface area contributed by atoms with Crippen LogP contribution in [0.1, 0.15) is 0 Å². The Kier molecular flexibility index (Phi) is 6.22. The Bertz CT molecular complexity index is 3180. The van der Waals surface area contributed by atoms with Crippen LogP contribution in [0.4, 0.5) is 0 Å². The van der Waals surface area contributed by atoms with Gasteiger partial charge in [0.1, 0.15) is 16.8 Å². The molecule has 3 aromatic heterocycles. The van der Waals surface area contributed by atoms with Crippen LogP contribution in [0.25, 0.3) is 105 Å². The average Bonchev–Trinajstić information content (AvgIpc) is 3.76. The van der Waals surface area contributed by atoms with E-state index < -0.39 is 0 Å². The van der Waals surface area contributed by atoms with E-state index >= 15 is 0 Å². The molecular weight excluding hydrogens is 635 g/mol. The normalized spacial score (nSPS) is 11.8. The first kappa shape index (κ1) is 28.8. The Balaban J connectivity index is 1.20. The van der Waals surface area contributed by atoms with Crippen LogP contribution in [-0.4, -0.2) is 14.5 Å². The van der Waals surface area contributed by atoms with Gasteiger partial charge in [-0.25, -0.2) is 9.97 Å². The summed E-state index contributed by atoms with van der Waals surface area (Å²) in [4.78, 5) is 10.6. The number of rotatable bonds is 4. The highest BCUT2D eigenvalue weighted by atomic mass is 16.3. The van der Waals surface area contributed by atoms with Crippen molar-refractivity contribution in [2.75, 3.05) is 0 Å². The molecule has 0 aliphatic rings. The average molecular weight is 664 g/mol. The Morgan fingerprint density at radius 3 is 1.96 bits per heavy atom. The molecule has 3 heterocycles. The number of aromatic nitrogens is 3. The summed E-state index contributed by atoms with van der Waals surface area (Å²) < 4.78 is 9.00. The fourth-order valence-corrected chi connectivity index (χ4v) is 8.02. The summed E-state index contributed by atoms with van der Waals surface area (Å²) in [6, 6.07) is 62.0. The van der Waals surface area contributed by atoms with Gasteiger partial charge in [0.05, 0.1) is 16.7 Å². The van der Waals surface area contributed by atoms with Crippen molar-refractivity contribution >= 4 is 65.4 Å². The predicted octanol–water partition coefficient (Wildman–Crippen LogP) is 12.8. The van der Waals surface area contributed by atoms with Crippen molar-refractivity contribution in [2.24, 2.45) is 0 Å². The van der Waals surface area contributed by atoms with E-state index in [1.54, 1.807) is 0 Å². The molecule has 0 atom stereocenters. The van der Waals surface area contributed by atoms with Crippen LogP contribution in [0.3, 0.4) is 0 Å². The second-order valence-electron chi connectivity index (χ2n) is 13.3. The first-order valence-electron chi connectivity index (χ1n) is 17.6. The summed E-state index contributed by atoms with van der Waals surface area (Å²) in [5, 5.41) is 8.11. The van der Waals surface area contributed by atoms with Crippen molar-refractivity contribution in [2.45, 2.75) is 0 Å². The van der Waals surface area contributed by atoms with Gasteiger partial charge in [-0.15, -0.1) is 0 Å². The monoisotopic (exact) mass is 663 g/mol. The summed E-state index contributed by atoms with van der Waals surface area (Å²) in [7, 11) is 0. The Morgan fingerprint density at radius 2 is 1.13 bits per heavy atom. The summed E-state index contributed by atoms with van der Waals surface area (Å²) in [5.41, 5.74) is 10.8. The molecule has 4 heteroatoms. The number of hydrogen-bond acceptors (Lipinski definition) is 3. The van der Waals surface area contributed by atoms with E-state index in [1.165, 1.54) is 32.6 Å². The molecule has 0 N–H and O–H groups in total. The van der Waals surface area contributed by atoms with Gasteiger partial charge in [0.25, 0.3) is 0 Å². The third-order valence-corrected chi connectivity index (χ3v) is 10.4. The maximum atomic E-state index is 6.56. The van der Waals surface area contributed by atoms with Gasteiger partial charge >= 0.3 is 0 Å². The van der Waals surface area contributed by atoms with Crippen molar-refractivity contribution in [3.63, 3.8) is 0 Å². The van der Waals surface area contributed by atoms with Crippen LogP contribution in [0.15, 0.2) is 180 Å². The molecule has 0 fully saturated rings. The van der Waals surface area contributed by atoms with Gasteiger partial charge < -0.3 is 8.98 Å². The highest BCUT2D eigenvalue weighted by molar-refractivity contribution is 6.19. The molecule has 0 aliphatic carbocycles. The standard InChI is InChI=1S/C48H29N3O/c1-3-13-30(14-4-1)33-24-28-43-40(29-33)45-47(52-43)44(32-16-5-2-6-17-32)49-48(50-45)39-26-27-42(36-20-10-9-19-35(36)39)51-41-22-12-11-21-37(41)38-25-23-31-15-7-8-18-34(31)46(38)51/h1-29H. The lowest BCUT2D eigenvalue weighted by Gasteiger charge is -2.15. The SMILES string of the molecule is c1ccc(-c2ccc3oc4c(-c5ccccc5)nc(-c5ccc(-n6c7ccccc7c7ccc8ccccc8c76)c6ccccc56)nc4c3c2)cc1. The number of furan rings is 1. The zero-order valence-corrected chi connectivity index (χ0v) is 28.0. The van der Waals surface area contributed by atoms with E-state index in [4.69, 9.17) is 14.4 Å². The molecule has 0 saturated carbocycles. The fourth-order valence-electron chi connectivity index (χ4n) is 8.02. The van der Waals surface area contributed by atoms with Crippen molar-refractivity contribution in [1.29, 1.82) is 0 Å². The molecule has 0 aliphatic heterocycles. The van der Waals surface area contributed by atoms with Gasteiger partial charge in [-0.1, -0.05) is 146 Å². The number of para-hydroxylation sites is 1. The lowest BCUT2D eigenvalue weighted by atomic mass is 10.0. The molecule has 0 spiro atoms. The first-order chi connectivity index (χ1) is 25.8. The first-order valence-corrected chi connectivity index (χ1v) is 17.6. The minimum Gasteiger partial charge on any atom is -0.452 e. The fraction of sp³-hybridized carbons (Fsp3) is 0. The molecule has 11 rings (SSSR count). The van der Waals surface area contributed by atoms with Crippen molar-refractivity contribution in [1.82, 2.24) is 14.5 Å². The Labute approximate surface area is 298 Å². The summed E-state index contributed by atoms with van der Waals surface area (Å²) in [5.74, 6) is 0.662. The van der Waals surface area contributed by atoms with Crippen LogP contribution in [-0.2, 0) is 0 Å². The van der Waals surface area contributed by atoms with Crippen molar-refractivity contribution in [3.8, 4) is 39.5 Å². The Hall–Kier alpha value is -7.04. The van der Waals surface area contributed by atoms with Crippen molar-refractivity contribution < 1.29 is 4.42 Å². The molecule has 52 heavy (non-hydrogen) atoms. The number of benzene rings is 8. The minimum absolute atomic E-state index is 0.662. The van der Waals surface area contributed by atoms with E-state index in [0.717, 1.165) is 60.9 Å². The van der Waals surface area contributed by atoms with Crippen LogP contribution in [0.2, 0.25) is 0 Å². The minimum atomic E-state index is 0.662. The molecule has 242 valence electrons. The lowest BCUT2D eigenvalue weighted by Crippen LogP contribution is -1.99. The van der Waals surface area contributed by atoms with Crippen molar-refractivity contribution in [3.05, 3.63) is 176 Å². The molecular formula is C48H29N3O. The van der Waals surface area contributed by atoms with Gasteiger partial charge in [-0.2, -0.15) is 0 Å². The van der Waals surface area contributed by atoms with Gasteiger partial charge in [0, 0.05) is 38.1 Å². The third kappa shape index (κ3) is 4.28. The van der Waals surface area contributed by atoms with E-state index in [0.29, 0.717) is 11.4 Å². The van der Waals surface area contributed by atoms with E-state index in [-0.39, 0.29) is 0 Å². The molecule has 0 unspecified atom stereocenters.